The largest absolute Gasteiger partial charge is 0.456 e. The minimum Gasteiger partial charge on any atom is -0.456 e. The first-order valence-electron chi connectivity index (χ1n) is 25.7. The van der Waals surface area contributed by atoms with Gasteiger partial charge in [0.2, 0.25) is 5.95 Å². The molecule has 0 amide bonds. The maximum Gasteiger partial charge on any atom is 0.238 e. The van der Waals surface area contributed by atoms with E-state index < -0.39 is 72.0 Å². The van der Waals surface area contributed by atoms with Gasteiger partial charge in [-0.1, -0.05) is 164 Å². The summed E-state index contributed by atoms with van der Waals surface area (Å²) < 4.78 is 114. The van der Waals surface area contributed by atoms with Gasteiger partial charge in [-0.05, 0) is 70.2 Å². The smallest absolute Gasteiger partial charge is 0.238 e. The van der Waals surface area contributed by atoms with E-state index in [1.807, 2.05) is 144 Å². The lowest BCUT2D eigenvalue weighted by atomic mass is 9.99. The van der Waals surface area contributed by atoms with E-state index in [0.29, 0.717) is 16.7 Å². The monoisotopic (exact) mass is 817 g/mol. The molecular weight excluding hydrogens is 773 g/mol. The number of nitrogens with zero attached hydrogens (tertiary/aromatic N) is 4. The van der Waals surface area contributed by atoms with Gasteiger partial charge in [-0.3, -0.25) is 4.57 Å². The molecular formula is C57H34N4O2. The molecule has 6 nitrogen and oxygen atoms in total. The summed E-state index contributed by atoms with van der Waals surface area (Å²) in [6.07, 6.45) is 0. The van der Waals surface area contributed by atoms with Crippen LogP contribution in [0.2, 0.25) is 0 Å². The van der Waals surface area contributed by atoms with Gasteiger partial charge in [0, 0.05) is 43.6 Å². The summed E-state index contributed by atoms with van der Waals surface area (Å²) in [5.41, 5.74) is 5.17. The number of hydrogen-bond acceptors (Lipinski definition) is 5. The number of furan rings is 2. The Morgan fingerprint density at radius 1 is 0.381 bits per heavy atom. The quantitative estimate of drug-likeness (QED) is 0.167. The van der Waals surface area contributed by atoms with Crippen LogP contribution in [0.5, 0.6) is 0 Å². The molecule has 0 atom stereocenters. The van der Waals surface area contributed by atoms with E-state index in [0.717, 1.165) is 54.8 Å². The molecule has 13 rings (SSSR count). The van der Waals surface area contributed by atoms with Gasteiger partial charge >= 0.3 is 0 Å². The Labute approximate surface area is 376 Å². The van der Waals surface area contributed by atoms with Gasteiger partial charge in [0.05, 0.1) is 31.5 Å². The second-order valence-corrected chi connectivity index (χ2v) is 15.1. The maximum atomic E-state index is 9.90. The fourth-order valence-electron chi connectivity index (χ4n) is 8.71. The number of fused-ring (bicyclic) bond motifs is 10. The zero-order valence-corrected chi connectivity index (χ0v) is 32.9. The zero-order valence-electron chi connectivity index (χ0n) is 43.9. The van der Waals surface area contributed by atoms with E-state index in [4.69, 9.17) is 34.8 Å². The second-order valence-electron chi connectivity index (χ2n) is 15.1. The van der Waals surface area contributed by atoms with Crippen LogP contribution in [0.3, 0.4) is 0 Å². The van der Waals surface area contributed by atoms with Gasteiger partial charge < -0.3 is 8.83 Å². The molecule has 0 spiro atoms. The van der Waals surface area contributed by atoms with Crippen LogP contribution in [0.25, 0.3) is 128 Å². The van der Waals surface area contributed by atoms with Gasteiger partial charge in [-0.2, -0.15) is 9.97 Å². The van der Waals surface area contributed by atoms with Crippen molar-refractivity contribution in [3.05, 3.63) is 206 Å². The SMILES string of the molecule is [2H]c1c([2H])c([2H])c(-c2c([2H])c([2H])c([2H])c3oc4c([2H])c(-c5nc(-c6cccc(-c7ccccc7)c6)nc(-n6c7c(-c8ccccc8)cccc7c7ccc8oc9ccccc9c8c76)n5)c([2H])c([2H])c4c23)c([2H])c1[2H]. The Kier molecular flexibility index (Phi) is 5.74. The van der Waals surface area contributed by atoms with Crippen molar-refractivity contribution < 1.29 is 23.9 Å². The maximum absolute atomic E-state index is 9.90. The molecule has 6 heteroatoms. The molecule has 0 bridgehead atoms. The molecule has 0 N–H and O–H groups in total. The van der Waals surface area contributed by atoms with E-state index in [2.05, 4.69) is 0 Å². The lowest BCUT2D eigenvalue weighted by molar-refractivity contribution is 0.668. The highest BCUT2D eigenvalue weighted by Crippen LogP contribution is 2.44. The third-order valence-electron chi connectivity index (χ3n) is 11.5. The van der Waals surface area contributed by atoms with E-state index in [1.54, 1.807) is 0 Å². The molecule has 0 fully saturated rings. The predicted molar refractivity (Wildman–Crippen MR) is 256 cm³/mol. The summed E-state index contributed by atoms with van der Waals surface area (Å²) >= 11 is 0. The highest BCUT2D eigenvalue weighted by molar-refractivity contribution is 6.25. The van der Waals surface area contributed by atoms with Crippen molar-refractivity contribution in [3.8, 4) is 62.1 Å². The summed E-state index contributed by atoms with van der Waals surface area (Å²) in [6, 6.07) is 38.2. The molecule has 0 unspecified atom stereocenters. The summed E-state index contributed by atoms with van der Waals surface area (Å²) in [7, 11) is 0. The van der Waals surface area contributed by atoms with E-state index in [-0.39, 0.29) is 50.7 Å². The number of benzene rings is 9. The minimum atomic E-state index is -0.699. The standard InChI is InChI=1S/C57H34N4O2/c1-4-15-35(16-5-1)38-21-12-22-39(33-38)55-58-56(40-29-30-46-50(34-40)63-48-28-14-24-41(51(46)48)36-17-6-2-7-18-36)60-57(59-55)61-53-42(37-19-8-3-9-20-37)25-13-26-43(53)44-31-32-49-52(54(44)61)45-23-10-11-27-47(45)62-49/h1-34H/i2D,6D,7D,14D,17D,18D,24D,28D,29D,30D,34D. The molecule has 0 aliphatic heterocycles. The fourth-order valence-corrected chi connectivity index (χ4v) is 8.71. The summed E-state index contributed by atoms with van der Waals surface area (Å²) in [5, 5.41) is 2.96. The van der Waals surface area contributed by atoms with Gasteiger partial charge in [-0.25, -0.2) is 4.98 Å². The molecule has 0 saturated heterocycles. The molecule has 9 aromatic carbocycles. The van der Waals surface area contributed by atoms with Crippen LogP contribution in [0.15, 0.2) is 215 Å². The normalized spacial score (nSPS) is 14.3. The van der Waals surface area contributed by atoms with Crippen molar-refractivity contribution >= 4 is 65.7 Å². The molecule has 4 aromatic heterocycles. The van der Waals surface area contributed by atoms with Crippen LogP contribution >= 0.6 is 0 Å². The van der Waals surface area contributed by atoms with E-state index in [1.165, 1.54) is 0 Å². The Morgan fingerprint density at radius 2 is 1.08 bits per heavy atom. The molecule has 0 radical (unpaired) electrons. The highest BCUT2D eigenvalue weighted by Gasteiger charge is 2.25. The summed E-state index contributed by atoms with van der Waals surface area (Å²) in [4.78, 5) is 15.5. The van der Waals surface area contributed by atoms with Crippen LogP contribution in [0.1, 0.15) is 15.1 Å². The zero-order chi connectivity index (χ0) is 51.0. The van der Waals surface area contributed by atoms with Gasteiger partial charge in [0.1, 0.15) is 22.3 Å². The summed E-state index contributed by atoms with van der Waals surface area (Å²) in [5.74, 6) is 0.112. The average Bonchev–Trinajstić information content (AvgIpc) is 4.18. The molecule has 0 aliphatic rings. The van der Waals surface area contributed by atoms with Gasteiger partial charge in [0.15, 0.2) is 11.6 Å². The van der Waals surface area contributed by atoms with E-state index >= 15 is 0 Å². The first-order chi connectivity index (χ1) is 35.8. The van der Waals surface area contributed by atoms with Crippen LogP contribution in [0.4, 0.5) is 0 Å². The first kappa shape index (κ1) is 25.9. The molecule has 0 aliphatic carbocycles. The van der Waals surface area contributed by atoms with Crippen LogP contribution in [-0.4, -0.2) is 19.5 Å². The highest BCUT2D eigenvalue weighted by atomic mass is 16.3. The van der Waals surface area contributed by atoms with Gasteiger partial charge in [-0.15, -0.1) is 0 Å². The van der Waals surface area contributed by atoms with Crippen molar-refractivity contribution in [2.45, 2.75) is 0 Å². The predicted octanol–water partition coefficient (Wildman–Crippen LogP) is 15.1. The third-order valence-corrected chi connectivity index (χ3v) is 11.5. The Morgan fingerprint density at radius 3 is 1.94 bits per heavy atom. The molecule has 13 aromatic rings. The molecule has 0 saturated carbocycles. The minimum absolute atomic E-state index is 0.112. The molecule has 4 heterocycles. The number of para-hydroxylation sites is 2. The van der Waals surface area contributed by atoms with Gasteiger partial charge in [0.25, 0.3) is 0 Å². The van der Waals surface area contributed by atoms with Crippen molar-refractivity contribution in [1.82, 2.24) is 19.5 Å². The Bertz CT molecular complexity index is 4540. The molecule has 294 valence electrons. The number of rotatable bonds is 6. The van der Waals surface area contributed by atoms with Crippen molar-refractivity contribution in [3.63, 3.8) is 0 Å². The van der Waals surface area contributed by atoms with Crippen molar-refractivity contribution in [2.24, 2.45) is 0 Å². The fraction of sp³-hybridized carbons (Fsp3) is 0. The van der Waals surface area contributed by atoms with Crippen LogP contribution in [-0.2, 0) is 0 Å². The number of hydrogen-bond donors (Lipinski definition) is 0. The second kappa shape index (κ2) is 14.0. The first-order valence-corrected chi connectivity index (χ1v) is 20.2. The summed E-state index contributed by atoms with van der Waals surface area (Å²) in [6.45, 7) is 0. The Balaban J connectivity index is 1.17. The number of aromatic nitrogens is 4. The average molecular weight is 818 g/mol. The van der Waals surface area contributed by atoms with Crippen molar-refractivity contribution in [2.75, 3.05) is 0 Å². The van der Waals surface area contributed by atoms with E-state index in [9.17, 15) is 4.11 Å². The third kappa shape index (κ3) is 5.62. The molecule has 63 heavy (non-hydrogen) atoms. The lowest BCUT2D eigenvalue weighted by Gasteiger charge is -2.14. The van der Waals surface area contributed by atoms with Crippen LogP contribution < -0.4 is 0 Å². The topological polar surface area (TPSA) is 69.9 Å². The van der Waals surface area contributed by atoms with Crippen molar-refractivity contribution in [1.29, 1.82) is 0 Å². The Hall–Kier alpha value is -8.61. The van der Waals surface area contributed by atoms with Crippen LogP contribution in [0, 0.1) is 0 Å². The lowest BCUT2D eigenvalue weighted by Crippen LogP contribution is -2.07.